The van der Waals surface area contributed by atoms with Crippen LogP contribution in [0.4, 0.5) is 10.1 Å². The number of nitrogens with one attached hydrogen (secondary N) is 1. The van der Waals surface area contributed by atoms with Gasteiger partial charge in [-0.15, -0.1) is 10.2 Å². The monoisotopic (exact) mass is 345 g/mol. The van der Waals surface area contributed by atoms with Gasteiger partial charge in [0.2, 0.25) is 11.8 Å². The summed E-state index contributed by atoms with van der Waals surface area (Å²) in [6.45, 7) is 0. The minimum absolute atomic E-state index is 0.0560. The zero-order chi connectivity index (χ0) is 16.9. The number of halogens is 1. The molecule has 0 unspecified atom stereocenters. The number of hydrogen-bond donors (Lipinski definition) is 2. The number of benzene rings is 2. The molecule has 24 heavy (non-hydrogen) atoms. The SMILES string of the molecule is O=C(CSc1nnc(-c2cccc(F)c2)o1)Nc1cccc(O)c1. The Morgan fingerprint density at radius 2 is 2.04 bits per heavy atom. The Bertz CT molecular complexity index is 869. The second kappa shape index (κ2) is 7.14. The second-order valence-corrected chi connectivity index (χ2v) is 5.70. The number of aromatic hydroxyl groups is 1. The van der Waals surface area contributed by atoms with E-state index >= 15 is 0 Å². The van der Waals surface area contributed by atoms with Gasteiger partial charge in [-0.25, -0.2) is 4.39 Å². The van der Waals surface area contributed by atoms with E-state index < -0.39 is 5.82 Å². The first-order chi connectivity index (χ1) is 11.6. The van der Waals surface area contributed by atoms with Crippen LogP contribution in [0.25, 0.3) is 11.5 Å². The highest BCUT2D eigenvalue weighted by molar-refractivity contribution is 7.99. The fraction of sp³-hybridized carbons (Fsp3) is 0.0625. The fourth-order valence-electron chi connectivity index (χ4n) is 1.91. The maximum atomic E-state index is 13.2. The van der Waals surface area contributed by atoms with Crippen molar-refractivity contribution in [3.8, 4) is 17.2 Å². The lowest BCUT2D eigenvalue weighted by Crippen LogP contribution is -2.13. The first kappa shape index (κ1) is 16.0. The molecule has 8 heteroatoms. The summed E-state index contributed by atoms with van der Waals surface area (Å²) in [7, 11) is 0. The Labute approximate surface area is 140 Å². The fourth-order valence-corrected chi connectivity index (χ4v) is 2.48. The van der Waals surface area contributed by atoms with E-state index in [4.69, 9.17) is 4.42 Å². The number of phenols is 1. The molecule has 1 amide bonds. The van der Waals surface area contributed by atoms with Crippen molar-refractivity contribution in [3.63, 3.8) is 0 Å². The third-order valence-electron chi connectivity index (χ3n) is 2.93. The third-order valence-corrected chi connectivity index (χ3v) is 3.75. The Hall–Kier alpha value is -2.87. The van der Waals surface area contributed by atoms with Gasteiger partial charge in [-0.1, -0.05) is 23.9 Å². The molecular weight excluding hydrogens is 333 g/mol. The van der Waals surface area contributed by atoms with Crippen molar-refractivity contribution < 1.29 is 18.7 Å². The van der Waals surface area contributed by atoms with Crippen LogP contribution in [0.2, 0.25) is 0 Å². The number of rotatable bonds is 5. The molecule has 0 radical (unpaired) electrons. The molecule has 2 N–H and O–H groups in total. The molecule has 122 valence electrons. The highest BCUT2D eigenvalue weighted by Crippen LogP contribution is 2.24. The number of nitrogens with zero attached hydrogens (tertiary/aromatic N) is 2. The molecule has 3 rings (SSSR count). The van der Waals surface area contributed by atoms with Gasteiger partial charge in [-0.05, 0) is 30.3 Å². The normalized spacial score (nSPS) is 10.5. The van der Waals surface area contributed by atoms with Crippen LogP contribution in [0.1, 0.15) is 0 Å². The number of aromatic nitrogens is 2. The summed E-state index contributed by atoms with van der Waals surface area (Å²) < 4.78 is 18.6. The topological polar surface area (TPSA) is 88.2 Å². The van der Waals surface area contributed by atoms with Crippen molar-refractivity contribution in [2.24, 2.45) is 0 Å². The summed E-state index contributed by atoms with van der Waals surface area (Å²) in [5, 5.41) is 19.8. The average molecular weight is 345 g/mol. The van der Waals surface area contributed by atoms with Crippen LogP contribution in [0.5, 0.6) is 5.75 Å². The molecule has 0 aliphatic carbocycles. The molecule has 1 heterocycles. The highest BCUT2D eigenvalue weighted by Gasteiger charge is 2.12. The van der Waals surface area contributed by atoms with Crippen LogP contribution in [0.3, 0.4) is 0 Å². The third kappa shape index (κ3) is 4.11. The van der Waals surface area contributed by atoms with E-state index in [1.807, 2.05) is 0 Å². The molecule has 0 aliphatic rings. The molecule has 0 spiro atoms. The second-order valence-electron chi connectivity index (χ2n) is 4.77. The standard InChI is InChI=1S/C16H12FN3O3S/c17-11-4-1-3-10(7-11)15-19-20-16(23-15)24-9-14(22)18-12-5-2-6-13(21)8-12/h1-8,21H,9H2,(H,18,22). The highest BCUT2D eigenvalue weighted by atomic mass is 32.2. The lowest BCUT2D eigenvalue weighted by molar-refractivity contribution is -0.113. The zero-order valence-corrected chi connectivity index (χ0v) is 13.1. The van der Waals surface area contributed by atoms with Gasteiger partial charge in [0.05, 0.1) is 5.75 Å². The van der Waals surface area contributed by atoms with E-state index in [0.717, 1.165) is 11.8 Å². The summed E-state index contributed by atoms with van der Waals surface area (Å²) >= 11 is 1.06. The summed E-state index contributed by atoms with van der Waals surface area (Å²) in [5.74, 6) is -0.371. The van der Waals surface area contributed by atoms with E-state index in [1.54, 1.807) is 24.3 Å². The van der Waals surface area contributed by atoms with Gasteiger partial charge in [0.15, 0.2) is 0 Å². The number of hydrogen-bond acceptors (Lipinski definition) is 6. The van der Waals surface area contributed by atoms with Crippen molar-refractivity contribution in [2.75, 3.05) is 11.1 Å². The minimum Gasteiger partial charge on any atom is -0.508 e. The van der Waals surface area contributed by atoms with Crippen molar-refractivity contribution in [2.45, 2.75) is 5.22 Å². The Morgan fingerprint density at radius 3 is 2.83 bits per heavy atom. The largest absolute Gasteiger partial charge is 0.508 e. The van der Waals surface area contributed by atoms with Crippen LogP contribution in [-0.4, -0.2) is 27.0 Å². The van der Waals surface area contributed by atoms with Crippen LogP contribution in [0, 0.1) is 5.82 Å². The lowest BCUT2D eigenvalue weighted by Gasteiger charge is -2.03. The molecule has 0 saturated heterocycles. The van der Waals surface area contributed by atoms with E-state index in [1.165, 1.54) is 24.3 Å². The Kier molecular flexibility index (Phi) is 4.76. The first-order valence-corrected chi connectivity index (χ1v) is 7.90. The quantitative estimate of drug-likeness (QED) is 0.690. The van der Waals surface area contributed by atoms with E-state index in [0.29, 0.717) is 11.3 Å². The van der Waals surface area contributed by atoms with E-state index in [-0.39, 0.29) is 28.5 Å². The predicted molar refractivity (Wildman–Crippen MR) is 87.2 cm³/mol. The van der Waals surface area contributed by atoms with E-state index in [2.05, 4.69) is 15.5 Å². The summed E-state index contributed by atoms with van der Waals surface area (Å²) in [6.07, 6.45) is 0. The molecule has 0 aliphatic heterocycles. The maximum Gasteiger partial charge on any atom is 0.277 e. The van der Waals surface area contributed by atoms with Crippen molar-refractivity contribution in [3.05, 3.63) is 54.3 Å². The Morgan fingerprint density at radius 1 is 1.21 bits per heavy atom. The predicted octanol–water partition coefficient (Wildman–Crippen LogP) is 3.31. The smallest absolute Gasteiger partial charge is 0.277 e. The molecule has 1 aromatic heterocycles. The molecular formula is C16H12FN3O3S. The molecule has 0 atom stereocenters. The van der Waals surface area contributed by atoms with Crippen molar-refractivity contribution in [1.29, 1.82) is 0 Å². The molecule has 0 bridgehead atoms. The lowest BCUT2D eigenvalue weighted by atomic mass is 10.2. The number of carbonyl (C=O) groups is 1. The van der Waals surface area contributed by atoms with Crippen LogP contribution in [-0.2, 0) is 4.79 Å². The number of anilines is 1. The number of thioether (sulfide) groups is 1. The number of phenolic OH excluding ortho intramolecular Hbond substituents is 1. The summed E-state index contributed by atoms with van der Waals surface area (Å²) in [4.78, 5) is 11.9. The minimum atomic E-state index is -0.398. The van der Waals surface area contributed by atoms with Crippen molar-refractivity contribution >= 4 is 23.4 Å². The van der Waals surface area contributed by atoms with Crippen LogP contribution < -0.4 is 5.32 Å². The average Bonchev–Trinajstić information content (AvgIpc) is 3.02. The van der Waals surface area contributed by atoms with Gasteiger partial charge in [0.1, 0.15) is 11.6 Å². The summed E-state index contributed by atoms with van der Waals surface area (Å²) in [6, 6.07) is 12.0. The first-order valence-electron chi connectivity index (χ1n) is 6.91. The molecule has 0 saturated carbocycles. The van der Waals surface area contributed by atoms with Gasteiger partial charge in [-0.2, -0.15) is 0 Å². The van der Waals surface area contributed by atoms with Gasteiger partial charge < -0.3 is 14.8 Å². The van der Waals surface area contributed by atoms with Gasteiger partial charge in [0.25, 0.3) is 5.22 Å². The maximum absolute atomic E-state index is 13.2. The molecule has 6 nitrogen and oxygen atoms in total. The van der Waals surface area contributed by atoms with Gasteiger partial charge in [0, 0.05) is 17.3 Å². The molecule has 2 aromatic carbocycles. The van der Waals surface area contributed by atoms with Crippen LogP contribution in [0.15, 0.2) is 58.2 Å². The number of amides is 1. The zero-order valence-electron chi connectivity index (χ0n) is 12.3. The Balaban J connectivity index is 1.58. The number of carbonyl (C=O) groups excluding carboxylic acids is 1. The van der Waals surface area contributed by atoms with Gasteiger partial charge in [-0.3, -0.25) is 4.79 Å². The van der Waals surface area contributed by atoms with Crippen LogP contribution >= 0.6 is 11.8 Å². The molecule has 3 aromatic rings. The van der Waals surface area contributed by atoms with Gasteiger partial charge >= 0.3 is 0 Å². The van der Waals surface area contributed by atoms with E-state index in [9.17, 15) is 14.3 Å². The molecule has 0 fully saturated rings. The van der Waals surface area contributed by atoms with Crippen molar-refractivity contribution in [1.82, 2.24) is 10.2 Å². The summed E-state index contributed by atoms with van der Waals surface area (Å²) in [5.41, 5.74) is 0.963.